The smallest absolute Gasteiger partial charge is 0.203 e. The second kappa shape index (κ2) is 8.08. The number of hydrogen-bond donors (Lipinski definition) is 0. The molecule has 0 aliphatic carbocycles. The Kier molecular flexibility index (Phi) is 6.12. The largest absolute Gasteiger partial charge is 0.493 e. The highest BCUT2D eigenvalue weighted by molar-refractivity contribution is 6.37. The number of carbonyl (C=O) groups excluding carboxylic acids is 1. The zero-order valence-corrected chi connectivity index (χ0v) is 14.9. The lowest BCUT2D eigenvalue weighted by Crippen LogP contribution is -1.98. The summed E-state index contributed by atoms with van der Waals surface area (Å²) in [7, 11) is 4.58. The quantitative estimate of drug-likeness (QED) is 0.537. The molecule has 2 aromatic carbocycles. The zero-order chi connectivity index (χ0) is 17.7. The molecular formula is C18H16Cl2O4. The number of hydrogen-bond acceptors (Lipinski definition) is 4. The highest BCUT2D eigenvalue weighted by Gasteiger charge is 2.15. The maximum atomic E-state index is 12.3. The first-order valence-electron chi connectivity index (χ1n) is 6.98. The molecule has 0 radical (unpaired) electrons. The third-order valence-corrected chi connectivity index (χ3v) is 3.89. The molecule has 0 N–H and O–H groups in total. The van der Waals surface area contributed by atoms with Crippen LogP contribution in [0.15, 0.2) is 36.4 Å². The van der Waals surface area contributed by atoms with Crippen molar-refractivity contribution in [3.8, 4) is 17.2 Å². The van der Waals surface area contributed by atoms with E-state index in [0.717, 1.165) is 0 Å². The van der Waals surface area contributed by atoms with Crippen LogP contribution in [0.4, 0.5) is 0 Å². The molecule has 0 aromatic heterocycles. The Morgan fingerprint density at radius 2 is 1.67 bits per heavy atom. The second-order valence-corrected chi connectivity index (χ2v) is 5.59. The van der Waals surface area contributed by atoms with Crippen molar-refractivity contribution in [1.82, 2.24) is 0 Å². The van der Waals surface area contributed by atoms with Crippen LogP contribution in [0.1, 0.15) is 15.9 Å². The van der Waals surface area contributed by atoms with Gasteiger partial charge in [-0.2, -0.15) is 0 Å². The van der Waals surface area contributed by atoms with E-state index in [0.29, 0.717) is 38.4 Å². The highest BCUT2D eigenvalue weighted by Crippen LogP contribution is 2.40. The van der Waals surface area contributed by atoms with Gasteiger partial charge < -0.3 is 14.2 Å². The van der Waals surface area contributed by atoms with Crippen molar-refractivity contribution in [2.45, 2.75) is 0 Å². The van der Waals surface area contributed by atoms with Gasteiger partial charge >= 0.3 is 0 Å². The molecule has 0 saturated heterocycles. The van der Waals surface area contributed by atoms with Crippen LogP contribution in [-0.2, 0) is 0 Å². The predicted molar refractivity (Wildman–Crippen MR) is 95.9 cm³/mol. The molecule has 0 bridgehead atoms. The first-order valence-corrected chi connectivity index (χ1v) is 7.73. The molecule has 0 saturated carbocycles. The minimum absolute atomic E-state index is 0.242. The van der Waals surface area contributed by atoms with Gasteiger partial charge in [0.2, 0.25) is 5.75 Å². The third-order valence-electron chi connectivity index (χ3n) is 3.35. The van der Waals surface area contributed by atoms with Gasteiger partial charge in [0.15, 0.2) is 17.3 Å². The third kappa shape index (κ3) is 3.83. The molecule has 0 aliphatic heterocycles. The fraction of sp³-hybridized carbons (Fsp3) is 0.167. The summed E-state index contributed by atoms with van der Waals surface area (Å²) in [5.41, 5.74) is 1.05. The Morgan fingerprint density at radius 3 is 2.25 bits per heavy atom. The lowest BCUT2D eigenvalue weighted by Gasteiger charge is -2.13. The molecule has 2 aromatic rings. The van der Waals surface area contributed by atoms with Gasteiger partial charge in [0.1, 0.15) is 0 Å². The van der Waals surface area contributed by atoms with Crippen molar-refractivity contribution in [2.75, 3.05) is 21.3 Å². The Labute approximate surface area is 150 Å². The summed E-state index contributed by atoms with van der Waals surface area (Å²) in [5.74, 6) is 1.23. The van der Waals surface area contributed by atoms with Crippen LogP contribution in [0.2, 0.25) is 10.0 Å². The molecule has 0 unspecified atom stereocenters. The van der Waals surface area contributed by atoms with Crippen LogP contribution in [0, 0.1) is 0 Å². The van der Waals surface area contributed by atoms with Crippen LogP contribution < -0.4 is 14.2 Å². The monoisotopic (exact) mass is 366 g/mol. The fourth-order valence-corrected chi connectivity index (χ4v) is 2.70. The SMILES string of the molecule is COc1ccc(C=CC(=O)c2ccc(Cl)cc2Cl)c(OC)c1OC. The van der Waals surface area contributed by atoms with Gasteiger partial charge in [-0.15, -0.1) is 0 Å². The average molecular weight is 367 g/mol. The number of carbonyl (C=O) groups is 1. The van der Waals surface area contributed by atoms with Crippen molar-refractivity contribution in [2.24, 2.45) is 0 Å². The molecule has 126 valence electrons. The standard InChI is InChI=1S/C18H16Cl2O4/c1-22-16-9-5-11(17(23-2)18(16)24-3)4-8-15(21)13-7-6-12(19)10-14(13)20/h4-10H,1-3H3. The van der Waals surface area contributed by atoms with E-state index in [1.165, 1.54) is 26.4 Å². The number of ether oxygens (including phenoxy) is 3. The van der Waals surface area contributed by atoms with E-state index in [4.69, 9.17) is 37.4 Å². The minimum atomic E-state index is -0.242. The fourth-order valence-electron chi connectivity index (χ4n) is 2.20. The van der Waals surface area contributed by atoms with E-state index in [9.17, 15) is 4.79 Å². The van der Waals surface area contributed by atoms with Gasteiger partial charge in [0.05, 0.1) is 26.4 Å². The van der Waals surface area contributed by atoms with Gasteiger partial charge in [-0.3, -0.25) is 4.79 Å². The molecule has 0 aliphatic rings. The second-order valence-electron chi connectivity index (χ2n) is 4.75. The summed E-state index contributed by atoms with van der Waals surface area (Å²) < 4.78 is 15.9. The first kappa shape index (κ1) is 18.2. The van der Waals surface area contributed by atoms with Gasteiger partial charge in [0.25, 0.3) is 0 Å². The summed E-state index contributed by atoms with van der Waals surface area (Å²) in [6.07, 6.45) is 3.05. The number of halogens is 2. The van der Waals surface area contributed by atoms with Crippen LogP contribution >= 0.6 is 23.2 Å². The molecule has 24 heavy (non-hydrogen) atoms. The van der Waals surface area contributed by atoms with Gasteiger partial charge in [-0.25, -0.2) is 0 Å². The molecule has 2 rings (SSSR count). The van der Waals surface area contributed by atoms with Gasteiger partial charge in [-0.05, 0) is 42.5 Å². The van der Waals surface area contributed by atoms with Crippen molar-refractivity contribution in [3.05, 3.63) is 57.6 Å². The topological polar surface area (TPSA) is 44.8 Å². The van der Waals surface area contributed by atoms with E-state index in [1.54, 1.807) is 37.5 Å². The zero-order valence-electron chi connectivity index (χ0n) is 13.4. The van der Waals surface area contributed by atoms with Crippen molar-refractivity contribution in [1.29, 1.82) is 0 Å². The molecule has 0 fully saturated rings. The first-order chi connectivity index (χ1) is 11.5. The molecule has 0 spiro atoms. The average Bonchev–Trinajstić information content (AvgIpc) is 2.58. The Morgan fingerprint density at radius 1 is 0.958 bits per heavy atom. The minimum Gasteiger partial charge on any atom is -0.493 e. The van der Waals surface area contributed by atoms with Crippen LogP contribution in [-0.4, -0.2) is 27.1 Å². The van der Waals surface area contributed by atoms with E-state index < -0.39 is 0 Å². The summed E-state index contributed by atoms with van der Waals surface area (Å²) >= 11 is 11.9. The molecule has 0 heterocycles. The van der Waals surface area contributed by atoms with Crippen molar-refractivity contribution in [3.63, 3.8) is 0 Å². The molecule has 0 atom stereocenters. The molecular weight excluding hydrogens is 351 g/mol. The Balaban J connectivity index is 2.36. The number of benzene rings is 2. The van der Waals surface area contributed by atoms with Gasteiger partial charge in [-0.1, -0.05) is 23.2 Å². The Bertz CT molecular complexity index is 785. The van der Waals surface area contributed by atoms with Crippen molar-refractivity contribution < 1.29 is 19.0 Å². The number of methoxy groups -OCH3 is 3. The number of allylic oxidation sites excluding steroid dienone is 1. The molecule has 6 heteroatoms. The predicted octanol–water partition coefficient (Wildman–Crippen LogP) is 4.92. The lowest BCUT2D eigenvalue weighted by atomic mass is 10.1. The van der Waals surface area contributed by atoms with Crippen LogP contribution in [0.5, 0.6) is 17.2 Å². The maximum Gasteiger partial charge on any atom is 0.203 e. The van der Waals surface area contributed by atoms with E-state index in [1.807, 2.05) is 0 Å². The highest BCUT2D eigenvalue weighted by atomic mass is 35.5. The van der Waals surface area contributed by atoms with Crippen LogP contribution in [0.25, 0.3) is 6.08 Å². The van der Waals surface area contributed by atoms with E-state index in [2.05, 4.69) is 0 Å². The van der Waals surface area contributed by atoms with Gasteiger partial charge in [0, 0.05) is 16.1 Å². The summed E-state index contributed by atoms with van der Waals surface area (Å²) in [4.78, 5) is 12.3. The molecule has 0 amide bonds. The summed E-state index contributed by atoms with van der Waals surface area (Å²) in [6, 6.07) is 8.24. The Hall–Kier alpha value is -2.17. The van der Waals surface area contributed by atoms with E-state index in [-0.39, 0.29) is 5.78 Å². The summed E-state index contributed by atoms with van der Waals surface area (Å²) in [6.45, 7) is 0. The summed E-state index contributed by atoms with van der Waals surface area (Å²) in [5, 5.41) is 0.776. The maximum absolute atomic E-state index is 12.3. The van der Waals surface area contributed by atoms with Crippen molar-refractivity contribution >= 4 is 35.1 Å². The number of rotatable bonds is 6. The number of ketones is 1. The van der Waals surface area contributed by atoms with E-state index >= 15 is 0 Å². The lowest BCUT2D eigenvalue weighted by molar-refractivity contribution is 0.104. The molecule has 4 nitrogen and oxygen atoms in total. The van der Waals surface area contributed by atoms with Crippen LogP contribution in [0.3, 0.4) is 0 Å². The normalized spacial score (nSPS) is 10.7.